The maximum Gasteiger partial charge on any atom is 0.419 e. The average molecular weight is 288 g/mol. The van der Waals surface area contributed by atoms with Gasteiger partial charge in [0.25, 0.3) is 0 Å². The zero-order valence-electron chi connectivity index (χ0n) is 10.6. The molecule has 20 heavy (non-hydrogen) atoms. The molecule has 108 valence electrons. The highest BCUT2D eigenvalue weighted by molar-refractivity contribution is 5.58. The fourth-order valence-electron chi connectivity index (χ4n) is 1.65. The van der Waals surface area contributed by atoms with Gasteiger partial charge >= 0.3 is 6.18 Å². The maximum atomic E-state index is 13.2. The van der Waals surface area contributed by atoms with Crippen LogP contribution in [0.4, 0.5) is 17.6 Å². The van der Waals surface area contributed by atoms with Crippen LogP contribution < -0.4 is 5.32 Å². The fraction of sp³-hybridized carbons (Fsp3) is 0.308. The van der Waals surface area contributed by atoms with E-state index < -0.39 is 17.6 Å². The van der Waals surface area contributed by atoms with E-state index in [4.69, 9.17) is 4.42 Å². The maximum absolute atomic E-state index is 13.2. The Morgan fingerprint density at radius 2 is 2.05 bits per heavy atom. The number of hydrogen-bond acceptors (Lipinski definition) is 3. The molecule has 2 rings (SSSR count). The number of nitrogens with zero attached hydrogens (tertiary/aromatic N) is 1. The largest absolute Gasteiger partial charge is 0.439 e. The predicted molar refractivity (Wildman–Crippen MR) is 64.3 cm³/mol. The molecule has 0 saturated carbocycles. The molecule has 1 aromatic carbocycles. The summed E-state index contributed by atoms with van der Waals surface area (Å²) >= 11 is 0. The van der Waals surface area contributed by atoms with Crippen LogP contribution >= 0.6 is 0 Å². The molecule has 0 unspecified atom stereocenters. The average Bonchev–Trinajstić information content (AvgIpc) is 2.84. The first-order valence-corrected chi connectivity index (χ1v) is 5.94. The number of aromatic nitrogens is 1. The monoisotopic (exact) mass is 288 g/mol. The van der Waals surface area contributed by atoms with Gasteiger partial charge in [0.1, 0.15) is 5.82 Å². The minimum atomic E-state index is -4.74. The van der Waals surface area contributed by atoms with E-state index in [1.807, 2.05) is 6.92 Å². The molecule has 3 nitrogen and oxygen atoms in total. The number of rotatable bonds is 4. The summed E-state index contributed by atoms with van der Waals surface area (Å²) in [7, 11) is 0. The summed E-state index contributed by atoms with van der Waals surface area (Å²) in [6, 6.07) is 2.71. The predicted octanol–water partition coefficient (Wildman–Crippen LogP) is 3.61. The molecule has 0 spiro atoms. The molecule has 0 saturated heterocycles. The standard InChI is InChI=1S/C13H12F4N2O/c1-2-18-7-12-19-6-11(20-12)8-3-4-10(14)9(5-8)13(15,16)17/h3-6,18H,2,7H2,1H3. The molecule has 1 N–H and O–H groups in total. The number of oxazole rings is 1. The Morgan fingerprint density at radius 3 is 2.70 bits per heavy atom. The number of benzene rings is 1. The van der Waals surface area contributed by atoms with Crippen LogP contribution in [0.2, 0.25) is 0 Å². The Morgan fingerprint density at radius 1 is 1.30 bits per heavy atom. The molecule has 0 aliphatic heterocycles. The molecule has 0 amide bonds. The van der Waals surface area contributed by atoms with Gasteiger partial charge in [0.05, 0.1) is 18.3 Å². The Hall–Kier alpha value is -1.89. The van der Waals surface area contributed by atoms with E-state index in [2.05, 4.69) is 10.3 Å². The van der Waals surface area contributed by atoms with E-state index in [0.717, 1.165) is 6.07 Å². The summed E-state index contributed by atoms with van der Waals surface area (Å²) in [5.74, 6) is -0.781. The molecule has 7 heteroatoms. The first-order chi connectivity index (χ1) is 9.41. The second-order valence-electron chi connectivity index (χ2n) is 4.09. The van der Waals surface area contributed by atoms with Crippen molar-refractivity contribution in [2.24, 2.45) is 0 Å². The van der Waals surface area contributed by atoms with Crippen LogP contribution in [0.1, 0.15) is 18.4 Å². The molecule has 1 heterocycles. The van der Waals surface area contributed by atoms with E-state index >= 15 is 0 Å². The van der Waals surface area contributed by atoms with Gasteiger partial charge in [-0.2, -0.15) is 13.2 Å². The Balaban J connectivity index is 2.31. The fourth-order valence-corrected chi connectivity index (χ4v) is 1.65. The van der Waals surface area contributed by atoms with Gasteiger partial charge in [-0.15, -0.1) is 0 Å². The third-order valence-electron chi connectivity index (χ3n) is 2.64. The first kappa shape index (κ1) is 14.5. The van der Waals surface area contributed by atoms with Crippen molar-refractivity contribution < 1.29 is 22.0 Å². The smallest absolute Gasteiger partial charge is 0.419 e. The Kier molecular flexibility index (Phi) is 4.08. The highest BCUT2D eigenvalue weighted by atomic mass is 19.4. The number of hydrogen-bond donors (Lipinski definition) is 1. The van der Waals surface area contributed by atoms with Crippen LogP contribution in [0.5, 0.6) is 0 Å². The summed E-state index contributed by atoms with van der Waals surface area (Å²) < 4.78 is 56.4. The van der Waals surface area contributed by atoms with E-state index in [0.29, 0.717) is 25.0 Å². The molecule has 1 aromatic heterocycles. The van der Waals surface area contributed by atoms with Crippen molar-refractivity contribution in [1.82, 2.24) is 10.3 Å². The van der Waals surface area contributed by atoms with Crippen molar-refractivity contribution in [2.45, 2.75) is 19.6 Å². The molecule has 0 radical (unpaired) electrons. The van der Waals surface area contributed by atoms with Gasteiger partial charge in [0.2, 0.25) is 5.89 Å². The second kappa shape index (κ2) is 5.62. The topological polar surface area (TPSA) is 38.1 Å². The van der Waals surface area contributed by atoms with Crippen LogP contribution in [0.25, 0.3) is 11.3 Å². The summed E-state index contributed by atoms with van der Waals surface area (Å²) in [6.07, 6.45) is -3.42. The Labute approximate surface area is 112 Å². The summed E-state index contributed by atoms with van der Waals surface area (Å²) in [4.78, 5) is 3.94. The minimum Gasteiger partial charge on any atom is -0.439 e. The minimum absolute atomic E-state index is 0.133. The van der Waals surface area contributed by atoms with E-state index in [1.54, 1.807) is 0 Å². The van der Waals surface area contributed by atoms with Crippen molar-refractivity contribution in [1.29, 1.82) is 0 Å². The van der Waals surface area contributed by atoms with Gasteiger partial charge in [-0.3, -0.25) is 0 Å². The van der Waals surface area contributed by atoms with Gasteiger partial charge in [-0.05, 0) is 24.7 Å². The highest BCUT2D eigenvalue weighted by Crippen LogP contribution is 2.34. The molecule has 0 aliphatic rings. The summed E-state index contributed by atoms with van der Waals surface area (Å²) in [5, 5.41) is 2.98. The zero-order valence-corrected chi connectivity index (χ0v) is 10.6. The van der Waals surface area contributed by atoms with Crippen molar-refractivity contribution in [3.05, 3.63) is 41.7 Å². The zero-order chi connectivity index (χ0) is 14.8. The SMILES string of the molecule is CCNCc1ncc(-c2ccc(F)c(C(F)(F)F)c2)o1. The summed E-state index contributed by atoms with van der Waals surface area (Å²) in [5.41, 5.74) is -1.19. The third kappa shape index (κ3) is 3.16. The molecular weight excluding hydrogens is 276 g/mol. The molecule has 0 fully saturated rings. The van der Waals surface area contributed by atoms with Gasteiger partial charge in [0.15, 0.2) is 5.76 Å². The van der Waals surface area contributed by atoms with E-state index in [1.165, 1.54) is 12.3 Å². The molecule has 0 aliphatic carbocycles. The van der Waals surface area contributed by atoms with Gasteiger partial charge in [0, 0.05) is 5.56 Å². The lowest BCUT2D eigenvalue weighted by Gasteiger charge is -2.08. The normalized spacial score (nSPS) is 11.8. The molecule has 0 bridgehead atoms. The first-order valence-electron chi connectivity index (χ1n) is 5.94. The number of nitrogens with one attached hydrogen (secondary N) is 1. The van der Waals surface area contributed by atoms with Crippen LogP contribution in [0, 0.1) is 5.82 Å². The molecule has 0 atom stereocenters. The van der Waals surface area contributed by atoms with Gasteiger partial charge < -0.3 is 9.73 Å². The Bertz CT molecular complexity index is 592. The molecule has 2 aromatic rings. The number of halogens is 4. The van der Waals surface area contributed by atoms with Crippen molar-refractivity contribution in [3.8, 4) is 11.3 Å². The van der Waals surface area contributed by atoms with Gasteiger partial charge in [-0.25, -0.2) is 9.37 Å². The lowest BCUT2D eigenvalue weighted by atomic mass is 10.1. The van der Waals surface area contributed by atoms with Crippen molar-refractivity contribution in [3.63, 3.8) is 0 Å². The quantitative estimate of drug-likeness (QED) is 0.873. The molecular formula is C13H12F4N2O. The lowest BCUT2D eigenvalue weighted by molar-refractivity contribution is -0.139. The van der Waals surface area contributed by atoms with Crippen molar-refractivity contribution in [2.75, 3.05) is 6.54 Å². The van der Waals surface area contributed by atoms with E-state index in [9.17, 15) is 17.6 Å². The van der Waals surface area contributed by atoms with Crippen LogP contribution in [0.15, 0.2) is 28.8 Å². The van der Waals surface area contributed by atoms with Crippen LogP contribution in [-0.2, 0) is 12.7 Å². The summed E-state index contributed by atoms with van der Waals surface area (Å²) in [6.45, 7) is 3.00. The number of alkyl halides is 3. The highest BCUT2D eigenvalue weighted by Gasteiger charge is 2.34. The van der Waals surface area contributed by atoms with Crippen molar-refractivity contribution >= 4 is 0 Å². The van der Waals surface area contributed by atoms with Crippen LogP contribution in [0.3, 0.4) is 0 Å². The lowest BCUT2D eigenvalue weighted by Crippen LogP contribution is -2.11. The van der Waals surface area contributed by atoms with E-state index in [-0.39, 0.29) is 11.3 Å². The second-order valence-corrected chi connectivity index (χ2v) is 4.09. The third-order valence-corrected chi connectivity index (χ3v) is 2.64. The van der Waals surface area contributed by atoms with Crippen LogP contribution in [-0.4, -0.2) is 11.5 Å². The van der Waals surface area contributed by atoms with Gasteiger partial charge in [-0.1, -0.05) is 6.92 Å².